The van der Waals surface area contributed by atoms with Crippen LogP contribution in [0.1, 0.15) is 102 Å². The Labute approximate surface area is 156 Å². The van der Waals surface area contributed by atoms with E-state index in [2.05, 4.69) is 6.92 Å². The summed E-state index contributed by atoms with van der Waals surface area (Å²) < 4.78 is 5.79. The predicted molar refractivity (Wildman–Crippen MR) is 109 cm³/mol. The molecule has 0 aliphatic carbocycles. The normalized spacial score (nSPS) is 11.0. The number of hydrogen-bond donors (Lipinski definition) is 1. The molecule has 1 aromatic rings. The standard InChI is InChI=1S/C23H40O2/c1-3-4-5-6-7-8-9-10-11-12-13-14-15-16-19-25-23-18-17-22(24)20-21(23)2/h17-18,20,24H,3-16,19H2,1-2H3. The molecule has 144 valence electrons. The van der Waals surface area contributed by atoms with E-state index in [0.29, 0.717) is 5.75 Å². The molecular formula is C23H40O2. The van der Waals surface area contributed by atoms with Crippen LogP contribution in [0.5, 0.6) is 11.5 Å². The van der Waals surface area contributed by atoms with Gasteiger partial charge < -0.3 is 9.84 Å². The third kappa shape index (κ3) is 11.9. The fourth-order valence-electron chi connectivity index (χ4n) is 3.27. The van der Waals surface area contributed by atoms with Crippen molar-refractivity contribution in [2.45, 2.75) is 104 Å². The summed E-state index contributed by atoms with van der Waals surface area (Å²) in [6, 6.07) is 5.29. The molecule has 1 aromatic carbocycles. The Morgan fingerprint density at radius 2 is 1.20 bits per heavy atom. The molecule has 0 aliphatic rings. The van der Waals surface area contributed by atoms with Crippen molar-refractivity contribution in [1.82, 2.24) is 0 Å². The van der Waals surface area contributed by atoms with Gasteiger partial charge in [-0.15, -0.1) is 0 Å². The highest BCUT2D eigenvalue weighted by Crippen LogP contribution is 2.22. The number of ether oxygens (including phenoxy) is 1. The summed E-state index contributed by atoms with van der Waals surface area (Å²) >= 11 is 0. The smallest absolute Gasteiger partial charge is 0.122 e. The lowest BCUT2D eigenvalue weighted by molar-refractivity contribution is 0.302. The Hall–Kier alpha value is -1.18. The van der Waals surface area contributed by atoms with Crippen molar-refractivity contribution in [3.8, 4) is 11.5 Å². The van der Waals surface area contributed by atoms with Crippen molar-refractivity contribution in [2.24, 2.45) is 0 Å². The molecule has 1 rings (SSSR count). The van der Waals surface area contributed by atoms with Crippen LogP contribution < -0.4 is 4.74 Å². The van der Waals surface area contributed by atoms with Gasteiger partial charge in [0.25, 0.3) is 0 Å². The van der Waals surface area contributed by atoms with Gasteiger partial charge in [-0.05, 0) is 37.1 Å². The van der Waals surface area contributed by atoms with Gasteiger partial charge in [-0.2, -0.15) is 0 Å². The van der Waals surface area contributed by atoms with Gasteiger partial charge in [0.1, 0.15) is 11.5 Å². The van der Waals surface area contributed by atoms with Crippen molar-refractivity contribution < 1.29 is 9.84 Å². The summed E-state index contributed by atoms with van der Waals surface area (Å²) in [6.07, 6.45) is 19.3. The molecule has 0 atom stereocenters. The van der Waals surface area contributed by atoms with Crippen LogP contribution in [0.15, 0.2) is 18.2 Å². The van der Waals surface area contributed by atoms with E-state index in [9.17, 15) is 5.11 Å². The zero-order valence-corrected chi connectivity index (χ0v) is 16.7. The fourth-order valence-corrected chi connectivity index (χ4v) is 3.27. The third-order valence-electron chi connectivity index (χ3n) is 4.91. The third-order valence-corrected chi connectivity index (χ3v) is 4.91. The summed E-state index contributed by atoms with van der Waals surface area (Å²) in [5.41, 5.74) is 1.00. The SMILES string of the molecule is CCCCCCCCCCCCCCCCOc1ccc(O)cc1C. The van der Waals surface area contributed by atoms with Crippen molar-refractivity contribution in [3.63, 3.8) is 0 Å². The Kier molecular flexibility index (Phi) is 13.2. The molecule has 25 heavy (non-hydrogen) atoms. The maximum absolute atomic E-state index is 9.39. The quantitative estimate of drug-likeness (QED) is 0.312. The van der Waals surface area contributed by atoms with E-state index >= 15 is 0 Å². The lowest BCUT2D eigenvalue weighted by Gasteiger charge is -2.09. The lowest BCUT2D eigenvalue weighted by Crippen LogP contribution is -1.98. The fraction of sp³-hybridized carbons (Fsp3) is 0.739. The average Bonchev–Trinajstić information content (AvgIpc) is 2.60. The molecule has 0 radical (unpaired) electrons. The molecule has 0 amide bonds. The number of benzene rings is 1. The second-order valence-electron chi connectivity index (χ2n) is 7.39. The molecule has 0 aliphatic heterocycles. The molecule has 0 unspecified atom stereocenters. The van der Waals surface area contributed by atoms with E-state index in [1.54, 1.807) is 12.1 Å². The van der Waals surface area contributed by atoms with E-state index in [1.807, 2.05) is 13.0 Å². The molecule has 0 fully saturated rings. The van der Waals surface area contributed by atoms with Crippen LogP contribution in [0.4, 0.5) is 0 Å². The van der Waals surface area contributed by atoms with Crippen LogP contribution in [0.25, 0.3) is 0 Å². The highest BCUT2D eigenvalue weighted by atomic mass is 16.5. The highest BCUT2D eigenvalue weighted by Gasteiger charge is 2.00. The van der Waals surface area contributed by atoms with Gasteiger partial charge >= 0.3 is 0 Å². The van der Waals surface area contributed by atoms with Gasteiger partial charge in [-0.1, -0.05) is 90.4 Å². The number of aryl methyl sites for hydroxylation is 1. The van der Waals surface area contributed by atoms with Crippen molar-refractivity contribution >= 4 is 0 Å². The summed E-state index contributed by atoms with van der Waals surface area (Å²) in [6.45, 7) is 5.04. The van der Waals surface area contributed by atoms with Gasteiger partial charge in [0, 0.05) is 0 Å². The number of rotatable bonds is 16. The van der Waals surface area contributed by atoms with Gasteiger partial charge in [-0.25, -0.2) is 0 Å². The van der Waals surface area contributed by atoms with Crippen LogP contribution in [-0.4, -0.2) is 11.7 Å². The molecule has 0 bridgehead atoms. The number of phenolic OH excluding ortho intramolecular Hbond substituents is 1. The molecule has 2 nitrogen and oxygen atoms in total. The second kappa shape index (κ2) is 15.1. The molecule has 0 saturated carbocycles. The zero-order chi connectivity index (χ0) is 18.2. The van der Waals surface area contributed by atoms with Crippen LogP contribution in [-0.2, 0) is 0 Å². The Morgan fingerprint density at radius 1 is 0.720 bits per heavy atom. The minimum Gasteiger partial charge on any atom is -0.508 e. The van der Waals surface area contributed by atoms with E-state index in [1.165, 1.54) is 83.5 Å². The molecule has 0 saturated heterocycles. The van der Waals surface area contributed by atoms with Gasteiger partial charge in [-0.3, -0.25) is 0 Å². The summed E-state index contributed by atoms with van der Waals surface area (Å²) in [5.74, 6) is 1.20. The first kappa shape index (κ1) is 21.9. The summed E-state index contributed by atoms with van der Waals surface area (Å²) in [7, 11) is 0. The summed E-state index contributed by atoms with van der Waals surface area (Å²) in [4.78, 5) is 0. The molecule has 1 N–H and O–H groups in total. The van der Waals surface area contributed by atoms with Gasteiger partial charge in [0.15, 0.2) is 0 Å². The largest absolute Gasteiger partial charge is 0.508 e. The minimum absolute atomic E-state index is 0.307. The topological polar surface area (TPSA) is 29.5 Å². The molecule has 0 spiro atoms. The van der Waals surface area contributed by atoms with Crippen LogP contribution >= 0.6 is 0 Å². The highest BCUT2D eigenvalue weighted by molar-refractivity contribution is 5.38. The molecular weight excluding hydrogens is 308 g/mol. The predicted octanol–water partition coefficient (Wildman–Crippen LogP) is 7.56. The van der Waals surface area contributed by atoms with E-state index in [4.69, 9.17) is 4.74 Å². The van der Waals surface area contributed by atoms with Crippen molar-refractivity contribution in [3.05, 3.63) is 23.8 Å². The summed E-state index contributed by atoms with van der Waals surface area (Å²) in [5, 5.41) is 9.39. The van der Waals surface area contributed by atoms with E-state index in [0.717, 1.165) is 24.3 Å². The maximum Gasteiger partial charge on any atom is 0.122 e. The van der Waals surface area contributed by atoms with E-state index in [-0.39, 0.29) is 0 Å². The van der Waals surface area contributed by atoms with Gasteiger partial charge in [0.2, 0.25) is 0 Å². The Morgan fingerprint density at radius 3 is 1.68 bits per heavy atom. The monoisotopic (exact) mass is 348 g/mol. The number of aromatic hydroxyl groups is 1. The average molecular weight is 349 g/mol. The first-order valence-corrected chi connectivity index (χ1v) is 10.7. The van der Waals surface area contributed by atoms with Crippen LogP contribution in [0, 0.1) is 6.92 Å². The lowest BCUT2D eigenvalue weighted by atomic mass is 10.0. The second-order valence-corrected chi connectivity index (χ2v) is 7.39. The molecule has 2 heteroatoms. The maximum atomic E-state index is 9.39. The van der Waals surface area contributed by atoms with Crippen molar-refractivity contribution in [1.29, 1.82) is 0 Å². The molecule has 0 aromatic heterocycles. The Bertz CT molecular complexity index is 428. The first-order chi connectivity index (χ1) is 12.2. The van der Waals surface area contributed by atoms with Crippen LogP contribution in [0.3, 0.4) is 0 Å². The van der Waals surface area contributed by atoms with Crippen LogP contribution in [0.2, 0.25) is 0 Å². The van der Waals surface area contributed by atoms with Crippen molar-refractivity contribution in [2.75, 3.05) is 6.61 Å². The van der Waals surface area contributed by atoms with Gasteiger partial charge in [0.05, 0.1) is 6.61 Å². The zero-order valence-electron chi connectivity index (χ0n) is 16.7. The first-order valence-electron chi connectivity index (χ1n) is 10.7. The Balaban J connectivity index is 1.81. The number of unbranched alkanes of at least 4 members (excludes halogenated alkanes) is 13. The number of hydrogen-bond acceptors (Lipinski definition) is 2. The van der Waals surface area contributed by atoms with E-state index < -0.39 is 0 Å². The minimum atomic E-state index is 0.307. The number of phenols is 1. The molecule has 0 heterocycles.